The number of benzene rings is 1. The lowest BCUT2D eigenvalue weighted by Crippen LogP contribution is -2.14. The van der Waals surface area contributed by atoms with Gasteiger partial charge < -0.3 is 10.3 Å². The number of fused-ring (bicyclic) bond motifs is 1. The standard InChI is InChI=1S/C12H14N2O/c1-9-2-3-12-11(6-9)10(7-14-12)4-5-13-8-15/h2-3,6-8,14H,4-5H2,1H3,(H,13,15). The summed E-state index contributed by atoms with van der Waals surface area (Å²) in [6.07, 6.45) is 3.61. The van der Waals surface area contributed by atoms with Crippen LogP contribution in [0.2, 0.25) is 0 Å². The minimum absolute atomic E-state index is 0.685. The van der Waals surface area contributed by atoms with Crippen molar-refractivity contribution in [2.75, 3.05) is 6.54 Å². The molecule has 2 aromatic rings. The molecule has 0 spiro atoms. The maximum absolute atomic E-state index is 10.1. The molecule has 3 nitrogen and oxygen atoms in total. The fourth-order valence-corrected chi connectivity index (χ4v) is 1.76. The zero-order valence-electron chi connectivity index (χ0n) is 8.71. The number of hydrogen-bond donors (Lipinski definition) is 2. The summed E-state index contributed by atoms with van der Waals surface area (Å²) in [5.74, 6) is 0. The summed E-state index contributed by atoms with van der Waals surface area (Å²) < 4.78 is 0. The van der Waals surface area contributed by atoms with Gasteiger partial charge in [0.05, 0.1) is 0 Å². The molecular weight excluding hydrogens is 188 g/mol. The molecule has 0 aliphatic carbocycles. The predicted molar refractivity (Wildman–Crippen MR) is 60.8 cm³/mol. The molecular formula is C12H14N2O. The molecule has 0 unspecified atom stereocenters. The van der Waals surface area contributed by atoms with Gasteiger partial charge in [0, 0.05) is 23.6 Å². The zero-order valence-corrected chi connectivity index (χ0v) is 8.71. The van der Waals surface area contributed by atoms with Crippen LogP contribution in [0, 0.1) is 6.92 Å². The van der Waals surface area contributed by atoms with E-state index in [1.807, 2.05) is 6.20 Å². The molecule has 0 fully saturated rings. The smallest absolute Gasteiger partial charge is 0.207 e. The monoisotopic (exact) mass is 202 g/mol. The molecule has 1 aromatic carbocycles. The van der Waals surface area contributed by atoms with Gasteiger partial charge in [-0.25, -0.2) is 0 Å². The first-order valence-electron chi connectivity index (χ1n) is 5.05. The van der Waals surface area contributed by atoms with E-state index in [0.717, 1.165) is 18.3 Å². The Bertz CT molecular complexity index is 473. The lowest BCUT2D eigenvalue weighted by atomic mass is 10.1. The normalized spacial score (nSPS) is 10.5. The van der Waals surface area contributed by atoms with Gasteiger partial charge in [0.15, 0.2) is 0 Å². The largest absolute Gasteiger partial charge is 0.361 e. The van der Waals surface area contributed by atoms with E-state index < -0.39 is 0 Å². The summed E-state index contributed by atoms with van der Waals surface area (Å²) >= 11 is 0. The number of hydrogen-bond acceptors (Lipinski definition) is 1. The van der Waals surface area contributed by atoms with E-state index in [9.17, 15) is 4.79 Å². The van der Waals surface area contributed by atoms with Gasteiger partial charge in [0.2, 0.25) is 6.41 Å². The number of H-pyrrole nitrogens is 1. The van der Waals surface area contributed by atoms with E-state index in [2.05, 4.69) is 35.4 Å². The number of carbonyl (C=O) groups excluding carboxylic acids is 1. The summed E-state index contributed by atoms with van der Waals surface area (Å²) in [6.45, 7) is 2.77. The molecule has 0 radical (unpaired) electrons. The second kappa shape index (κ2) is 4.17. The quantitative estimate of drug-likeness (QED) is 0.576. The Morgan fingerprint density at radius 2 is 2.33 bits per heavy atom. The summed E-state index contributed by atoms with van der Waals surface area (Å²) in [7, 11) is 0. The topological polar surface area (TPSA) is 44.9 Å². The maximum atomic E-state index is 10.1. The van der Waals surface area contributed by atoms with Crippen molar-refractivity contribution in [3.05, 3.63) is 35.5 Å². The Balaban J connectivity index is 2.27. The second-order valence-corrected chi connectivity index (χ2v) is 3.68. The van der Waals surface area contributed by atoms with E-state index in [0.29, 0.717) is 6.54 Å². The number of aromatic nitrogens is 1. The van der Waals surface area contributed by atoms with E-state index >= 15 is 0 Å². The van der Waals surface area contributed by atoms with E-state index in [1.54, 1.807) is 0 Å². The van der Waals surface area contributed by atoms with Crippen molar-refractivity contribution < 1.29 is 4.79 Å². The molecule has 0 aliphatic heterocycles. The molecule has 0 bridgehead atoms. The summed E-state index contributed by atoms with van der Waals surface area (Å²) in [5, 5.41) is 3.92. The van der Waals surface area contributed by atoms with Crippen LogP contribution in [0.15, 0.2) is 24.4 Å². The Kier molecular flexibility index (Phi) is 2.72. The van der Waals surface area contributed by atoms with Crippen molar-refractivity contribution in [3.8, 4) is 0 Å². The van der Waals surface area contributed by atoms with Crippen molar-refractivity contribution in [2.45, 2.75) is 13.3 Å². The van der Waals surface area contributed by atoms with Crippen LogP contribution in [0.1, 0.15) is 11.1 Å². The van der Waals surface area contributed by atoms with Crippen LogP contribution in [0.5, 0.6) is 0 Å². The van der Waals surface area contributed by atoms with Gasteiger partial charge in [-0.1, -0.05) is 11.6 Å². The molecule has 1 heterocycles. The minimum atomic E-state index is 0.685. The summed E-state index contributed by atoms with van der Waals surface area (Å²) in [5.41, 5.74) is 3.66. The van der Waals surface area contributed by atoms with Crippen LogP contribution in [0.4, 0.5) is 0 Å². The van der Waals surface area contributed by atoms with Crippen LogP contribution in [0.25, 0.3) is 10.9 Å². The Hall–Kier alpha value is -1.77. The minimum Gasteiger partial charge on any atom is -0.361 e. The molecule has 2 N–H and O–H groups in total. The molecule has 15 heavy (non-hydrogen) atoms. The highest BCUT2D eigenvalue weighted by atomic mass is 16.1. The third-order valence-electron chi connectivity index (χ3n) is 2.54. The van der Waals surface area contributed by atoms with Gasteiger partial charge in [0.1, 0.15) is 0 Å². The second-order valence-electron chi connectivity index (χ2n) is 3.68. The van der Waals surface area contributed by atoms with Crippen LogP contribution < -0.4 is 5.32 Å². The van der Waals surface area contributed by atoms with Gasteiger partial charge in [-0.3, -0.25) is 4.79 Å². The average molecular weight is 202 g/mol. The first kappa shape index (κ1) is 9.77. The van der Waals surface area contributed by atoms with Crippen molar-refractivity contribution >= 4 is 17.3 Å². The highest BCUT2D eigenvalue weighted by Crippen LogP contribution is 2.19. The number of rotatable bonds is 4. The van der Waals surface area contributed by atoms with E-state index in [1.165, 1.54) is 16.5 Å². The average Bonchev–Trinajstić information content (AvgIpc) is 2.62. The number of amides is 1. The fourth-order valence-electron chi connectivity index (χ4n) is 1.76. The molecule has 3 heteroatoms. The Morgan fingerprint density at radius 1 is 1.47 bits per heavy atom. The first-order chi connectivity index (χ1) is 7.31. The molecule has 78 valence electrons. The number of aromatic amines is 1. The highest BCUT2D eigenvalue weighted by Gasteiger charge is 2.02. The third-order valence-corrected chi connectivity index (χ3v) is 2.54. The fraction of sp³-hybridized carbons (Fsp3) is 0.250. The van der Waals surface area contributed by atoms with Crippen molar-refractivity contribution in [1.82, 2.24) is 10.3 Å². The Morgan fingerprint density at radius 3 is 3.13 bits per heavy atom. The third kappa shape index (κ3) is 2.01. The highest BCUT2D eigenvalue weighted by molar-refractivity contribution is 5.83. The SMILES string of the molecule is Cc1ccc2[nH]cc(CCNC=O)c2c1. The molecule has 1 amide bonds. The molecule has 0 aliphatic rings. The Labute approximate surface area is 88.5 Å². The van der Waals surface area contributed by atoms with Gasteiger partial charge in [-0.15, -0.1) is 0 Å². The van der Waals surface area contributed by atoms with E-state index in [-0.39, 0.29) is 0 Å². The number of nitrogens with one attached hydrogen (secondary N) is 2. The van der Waals surface area contributed by atoms with E-state index in [4.69, 9.17) is 0 Å². The molecule has 2 rings (SSSR count). The van der Waals surface area contributed by atoms with Crippen LogP contribution >= 0.6 is 0 Å². The molecule has 0 saturated carbocycles. The van der Waals surface area contributed by atoms with Gasteiger partial charge >= 0.3 is 0 Å². The summed E-state index contributed by atoms with van der Waals surface area (Å²) in [6, 6.07) is 6.34. The number of carbonyl (C=O) groups is 1. The van der Waals surface area contributed by atoms with Gasteiger partial charge in [-0.05, 0) is 31.0 Å². The molecule has 1 aromatic heterocycles. The van der Waals surface area contributed by atoms with Gasteiger partial charge in [0.25, 0.3) is 0 Å². The first-order valence-corrected chi connectivity index (χ1v) is 5.05. The summed E-state index contributed by atoms with van der Waals surface area (Å²) in [4.78, 5) is 13.4. The maximum Gasteiger partial charge on any atom is 0.207 e. The van der Waals surface area contributed by atoms with Crippen molar-refractivity contribution in [1.29, 1.82) is 0 Å². The van der Waals surface area contributed by atoms with Crippen LogP contribution in [-0.2, 0) is 11.2 Å². The van der Waals surface area contributed by atoms with Crippen LogP contribution in [-0.4, -0.2) is 17.9 Å². The lowest BCUT2D eigenvalue weighted by molar-refractivity contribution is -0.109. The lowest BCUT2D eigenvalue weighted by Gasteiger charge is -1.99. The zero-order chi connectivity index (χ0) is 10.7. The van der Waals surface area contributed by atoms with Crippen molar-refractivity contribution in [2.24, 2.45) is 0 Å². The molecule has 0 atom stereocenters. The number of aryl methyl sites for hydroxylation is 1. The van der Waals surface area contributed by atoms with Gasteiger partial charge in [-0.2, -0.15) is 0 Å². The molecule has 0 saturated heterocycles. The van der Waals surface area contributed by atoms with Crippen LogP contribution in [0.3, 0.4) is 0 Å². The predicted octanol–water partition coefficient (Wildman–Crippen LogP) is 1.76. The van der Waals surface area contributed by atoms with Crippen molar-refractivity contribution in [3.63, 3.8) is 0 Å².